The first-order valence-corrected chi connectivity index (χ1v) is 9.77. The molecule has 0 unspecified atom stereocenters. The molecular formula is C18H21ClN2O4S. The number of aryl methyl sites for hydroxylation is 2. The molecule has 8 heteroatoms. The highest BCUT2D eigenvalue weighted by Gasteiger charge is 2.53. The Morgan fingerprint density at radius 2 is 2.15 bits per heavy atom. The molecule has 0 saturated carbocycles. The molecule has 1 N–H and O–H groups in total. The minimum Gasteiger partial charge on any atom is -0.454 e. The monoisotopic (exact) mass is 396 g/mol. The van der Waals surface area contributed by atoms with Crippen LogP contribution in [0.15, 0.2) is 12.1 Å². The number of amides is 2. The Morgan fingerprint density at radius 1 is 1.42 bits per heavy atom. The van der Waals surface area contributed by atoms with Crippen LogP contribution in [0.1, 0.15) is 30.9 Å². The average molecular weight is 397 g/mol. The van der Waals surface area contributed by atoms with Crippen molar-refractivity contribution in [2.24, 2.45) is 0 Å². The number of hydrogen-bond donors (Lipinski definition) is 1. The van der Waals surface area contributed by atoms with Gasteiger partial charge in [-0.1, -0.05) is 17.7 Å². The predicted octanol–water partition coefficient (Wildman–Crippen LogP) is 2.89. The molecule has 0 spiro atoms. The molecule has 2 saturated heterocycles. The van der Waals surface area contributed by atoms with Crippen molar-refractivity contribution in [3.8, 4) is 0 Å². The fourth-order valence-corrected chi connectivity index (χ4v) is 5.26. The second kappa shape index (κ2) is 7.12. The normalized spacial score (nSPS) is 24.5. The number of nitrogens with one attached hydrogen (secondary N) is 1. The molecule has 2 amide bonds. The van der Waals surface area contributed by atoms with Gasteiger partial charge >= 0.3 is 5.97 Å². The lowest BCUT2D eigenvalue weighted by molar-refractivity contribution is -0.155. The van der Waals surface area contributed by atoms with Crippen LogP contribution < -0.4 is 5.32 Å². The molecule has 2 aliphatic rings. The van der Waals surface area contributed by atoms with Gasteiger partial charge in [0.2, 0.25) is 5.91 Å². The molecule has 0 radical (unpaired) electrons. The molecule has 1 aromatic carbocycles. The van der Waals surface area contributed by atoms with Gasteiger partial charge in [0.25, 0.3) is 5.91 Å². The highest BCUT2D eigenvalue weighted by Crippen LogP contribution is 2.47. The first-order chi connectivity index (χ1) is 12.2. The molecule has 2 aliphatic heterocycles. The van der Waals surface area contributed by atoms with Gasteiger partial charge in [-0.2, -0.15) is 0 Å². The second-order valence-electron chi connectivity index (χ2n) is 6.86. The first-order valence-electron chi connectivity index (χ1n) is 8.40. The number of rotatable bonds is 4. The largest absolute Gasteiger partial charge is 0.454 e. The minimum atomic E-state index is -0.627. The standard InChI is InChI=1S/C18H21ClN2O4S/c1-10-6-11(2)16(12(19)7-10)20-14(22)8-25-17(24)13-9-26-18(3)5-4-15(23)21(13)18/h6-7,13H,4-5,8-9H2,1-3H3,(H,20,22)/t13-,18+/m0/s1. The van der Waals surface area contributed by atoms with Crippen LogP contribution in [0.5, 0.6) is 0 Å². The van der Waals surface area contributed by atoms with Crippen molar-refractivity contribution in [2.45, 2.75) is 44.5 Å². The second-order valence-corrected chi connectivity index (χ2v) is 8.77. The molecule has 6 nitrogen and oxygen atoms in total. The number of anilines is 1. The van der Waals surface area contributed by atoms with Crippen molar-refractivity contribution >= 4 is 46.8 Å². The third-order valence-corrected chi connectivity index (χ3v) is 6.56. The fourth-order valence-electron chi connectivity index (χ4n) is 3.48. The van der Waals surface area contributed by atoms with Crippen molar-refractivity contribution < 1.29 is 19.1 Å². The maximum Gasteiger partial charge on any atom is 0.330 e. The van der Waals surface area contributed by atoms with Crippen molar-refractivity contribution in [2.75, 3.05) is 17.7 Å². The summed E-state index contributed by atoms with van der Waals surface area (Å²) in [5.41, 5.74) is 2.34. The Hall–Kier alpha value is -1.73. The van der Waals surface area contributed by atoms with Gasteiger partial charge in [0.05, 0.1) is 15.6 Å². The van der Waals surface area contributed by atoms with E-state index in [1.165, 1.54) is 0 Å². The van der Waals surface area contributed by atoms with Crippen LogP contribution in [0.25, 0.3) is 0 Å². The van der Waals surface area contributed by atoms with Crippen LogP contribution >= 0.6 is 23.4 Å². The van der Waals surface area contributed by atoms with E-state index >= 15 is 0 Å². The van der Waals surface area contributed by atoms with E-state index in [9.17, 15) is 14.4 Å². The van der Waals surface area contributed by atoms with E-state index in [4.69, 9.17) is 16.3 Å². The van der Waals surface area contributed by atoms with Crippen molar-refractivity contribution in [1.82, 2.24) is 4.90 Å². The maximum absolute atomic E-state index is 12.4. The van der Waals surface area contributed by atoms with E-state index < -0.39 is 24.5 Å². The lowest BCUT2D eigenvalue weighted by Crippen LogP contribution is -2.47. The SMILES string of the molecule is Cc1cc(C)c(NC(=O)COC(=O)[C@@H]2CS[C@]3(C)CCC(=O)N23)c(Cl)c1. The van der Waals surface area contributed by atoms with Crippen LogP contribution in [0.4, 0.5) is 5.69 Å². The highest BCUT2D eigenvalue weighted by atomic mass is 35.5. The van der Waals surface area contributed by atoms with Crippen LogP contribution in [0.2, 0.25) is 5.02 Å². The Morgan fingerprint density at radius 3 is 2.85 bits per heavy atom. The minimum absolute atomic E-state index is 0.0361. The summed E-state index contributed by atoms with van der Waals surface area (Å²) in [6.07, 6.45) is 1.17. The third-order valence-electron chi connectivity index (χ3n) is 4.76. The van der Waals surface area contributed by atoms with E-state index in [0.717, 1.165) is 17.5 Å². The van der Waals surface area contributed by atoms with Gasteiger partial charge in [0.15, 0.2) is 6.61 Å². The number of ether oxygens (including phenoxy) is 1. The summed E-state index contributed by atoms with van der Waals surface area (Å²) in [6, 6.07) is 3.03. The highest BCUT2D eigenvalue weighted by molar-refractivity contribution is 8.01. The third kappa shape index (κ3) is 3.55. The predicted molar refractivity (Wildman–Crippen MR) is 101 cm³/mol. The number of carbonyl (C=O) groups is 3. The summed E-state index contributed by atoms with van der Waals surface area (Å²) in [7, 11) is 0. The maximum atomic E-state index is 12.4. The molecule has 0 bridgehead atoms. The number of thioether (sulfide) groups is 1. The number of hydrogen-bond acceptors (Lipinski definition) is 5. The molecule has 2 fully saturated rings. The van der Waals surface area contributed by atoms with Crippen LogP contribution in [-0.2, 0) is 19.1 Å². The fraction of sp³-hybridized carbons (Fsp3) is 0.500. The lowest BCUT2D eigenvalue weighted by atomic mass is 10.1. The topological polar surface area (TPSA) is 75.7 Å². The van der Waals surface area contributed by atoms with Crippen LogP contribution in [-0.4, -0.2) is 46.0 Å². The van der Waals surface area contributed by atoms with Gasteiger partial charge in [-0.25, -0.2) is 4.79 Å². The molecule has 2 atom stereocenters. The smallest absolute Gasteiger partial charge is 0.330 e. The van der Waals surface area contributed by atoms with E-state index in [0.29, 0.717) is 22.9 Å². The van der Waals surface area contributed by atoms with Crippen LogP contribution in [0, 0.1) is 13.8 Å². The zero-order valence-electron chi connectivity index (χ0n) is 14.9. The first kappa shape index (κ1) is 19.0. The summed E-state index contributed by atoms with van der Waals surface area (Å²) in [4.78, 5) is 37.9. The number of esters is 1. The molecule has 1 aromatic rings. The van der Waals surface area contributed by atoms with Crippen molar-refractivity contribution in [3.05, 3.63) is 28.3 Å². The van der Waals surface area contributed by atoms with Gasteiger partial charge in [-0.15, -0.1) is 11.8 Å². The molecular weight excluding hydrogens is 376 g/mol. The molecule has 140 valence electrons. The summed E-state index contributed by atoms with van der Waals surface area (Å²) >= 11 is 7.75. The Kier molecular flexibility index (Phi) is 5.21. The number of benzene rings is 1. The number of fused-ring (bicyclic) bond motifs is 1. The zero-order valence-corrected chi connectivity index (χ0v) is 16.5. The Bertz CT molecular complexity index is 761. The molecule has 26 heavy (non-hydrogen) atoms. The van der Waals surface area contributed by atoms with E-state index in [1.807, 2.05) is 26.8 Å². The van der Waals surface area contributed by atoms with Gasteiger partial charge in [-0.05, 0) is 44.4 Å². The summed E-state index contributed by atoms with van der Waals surface area (Å²) in [5, 5.41) is 3.12. The zero-order chi connectivity index (χ0) is 19.1. The average Bonchev–Trinajstić information content (AvgIpc) is 3.05. The molecule has 0 aromatic heterocycles. The molecule has 3 rings (SSSR count). The number of nitrogens with zero attached hydrogens (tertiary/aromatic N) is 1. The quantitative estimate of drug-likeness (QED) is 0.792. The summed E-state index contributed by atoms with van der Waals surface area (Å²) in [6.45, 7) is 5.31. The lowest BCUT2D eigenvalue weighted by Gasteiger charge is -2.29. The molecule has 0 aliphatic carbocycles. The summed E-state index contributed by atoms with van der Waals surface area (Å²) < 4.78 is 5.16. The summed E-state index contributed by atoms with van der Waals surface area (Å²) in [5.74, 6) is -0.552. The number of carbonyl (C=O) groups excluding carboxylic acids is 3. The molecule has 2 heterocycles. The Balaban J connectivity index is 1.58. The van der Waals surface area contributed by atoms with Gasteiger partial charge in [-0.3, -0.25) is 9.59 Å². The van der Waals surface area contributed by atoms with Gasteiger partial charge in [0.1, 0.15) is 6.04 Å². The van der Waals surface area contributed by atoms with Crippen molar-refractivity contribution in [3.63, 3.8) is 0 Å². The number of halogens is 1. The van der Waals surface area contributed by atoms with E-state index in [1.54, 1.807) is 22.7 Å². The van der Waals surface area contributed by atoms with Crippen molar-refractivity contribution in [1.29, 1.82) is 0 Å². The van der Waals surface area contributed by atoms with Gasteiger partial charge < -0.3 is 15.0 Å². The van der Waals surface area contributed by atoms with E-state index in [2.05, 4.69) is 5.32 Å². The Labute approximate surface area is 161 Å². The van der Waals surface area contributed by atoms with Gasteiger partial charge in [0, 0.05) is 12.2 Å². The van der Waals surface area contributed by atoms with Crippen LogP contribution in [0.3, 0.4) is 0 Å². The van der Waals surface area contributed by atoms with E-state index in [-0.39, 0.29) is 10.8 Å².